The molecule has 3 fully saturated rings. The van der Waals surface area contributed by atoms with Gasteiger partial charge in [0.25, 0.3) is 0 Å². The number of piperidine rings is 1. The standard InChI is InChI=1S/C34H41ClF3N5O/c1-20-13-29(34(2,3)33-39-19-40-41(33)4)26(17-30(20)35)21-7-10-42(11-8-21)32(44)28-16-24(43-12-9-23(37)18-43)15-27(28)25-6-5-22(36)14-31(25)38/h5-6,13-14,17,19,21,23-24,27-28H,7-12,15-16,18H2,1-4H3/t23-,24?,27-,28?/m0/s1. The Kier molecular flexibility index (Phi) is 8.56. The molecule has 6 rings (SSSR count). The number of aromatic nitrogens is 3. The van der Waals surface area contributed by atoms with Gasteiger partial charge in [-0.15, -0.1) is 0 Å². The Labute approximate surface area is 262 Å². The predicted octanol–water partition coefficient (Wildman–Crippen LogP) is 6.69. The lowest BCUT2D eigenvalue weighted by Crippen LogP contribution is -2.42. The molecule has 236 valence electrons. The number of halogens is 4. The largest absolute Gasteiger partial charge is 0.342 e. The van der Waals surface area contributed by atoms with E-state index in [4.69, 9.17) is 11.6 Å². The van der Waals surface area contributed by atoms with Gasteiger partial charge in [0.05, 0.1) is 0 Å². The van der Waals surface area contributed by atoms with Crippen molar-refractivity contribution < 1.29 is 18.0 Å². The summed E-state index contributed by atoms with van der Waals surface area (Å²) >= 11 is 6.67. The van der Waals surface area contributed by atoms with Gasteiger partial charge in [-0.3, -0.25) is 14.4 Å². The molecule has 1 amide bonds. The van der Waals surface area contributed by atoms with E-state index in [0.29, 0.717) is 51.0 Å². The van der Waals surface area contributed by atoms with Gasteiger partial charge < -0.3 is 4.90 Å². The van der Waals surface area contributed by atoms with Gasteiger partial charge >= 0.3 is 0 Å². The van der Waals surface area contributed by atoms with Gasteiger partial charge in [-0.2, -0.15) is 5.10 Å². The number of carbonyl (C=O) groups excluding carboxylic acids is 1. The monoisotopic (exact) mass is 627 g/mol. The van der Waals surface area contributed by atoms with E-state index in [9.17, 15) is 13.6 Å². The zero-order chi connectivity index (χ0) is 31.3. The van der Waals surface area contributed by atoms with Crippen LogP contribution < -0.4 is 0 Å². The Morgan fingerprint density at radius 3 is 2.41 bits per heavy atom. The molecule has 6 nitrogen and oxygen atoms in total. The highest BCUT2D eigenvalue weighted by molar-refractivity contribution is 6.31. The minimum Gasteiger partial charge on any atom is -0.342 e. The molecule has 2 aromatic carbocycles. The molecule has 10 heteroatoms. The molecule has 2 saturated heterocycles. The molecule has 1 aliphatic carbocycles. The number of likely N-dealkylation sites (tertiary alicyclic amines) is 2. The van der Waals surface area contributed by atoms with Crippen LogP contribution in [0.1, 0.15) is 85.9 Å². The Balaban J connectivity index is 1.23. The van der Waals surface area contributed by atoms with Crippen LogP contribution in [-0.2, 0) is 17.3 Å². The molecular weight excluding hydrogens is 587 g/mol. The Morgan fingerprint density at radius 1 is 1.02 bits per heavy atom. The molecule has 0 spiro atoms. The second-order valence-corrected chi connectivity index (χ2v) is 13.9. The summed E-state index contributed by atoms with van der Waals surface area (Å²) in [5.74, 6) is -0.993. The normalized spacial score (nSPS) is 25.2. The number of rotatable bonds is 6. The van der Waals surface area contributed by atoms with Crippen molar-refractivity contribution in [3.05, 3.63) is 81.4 Å². The molecule has 0 N–H and O–H groups in total. The average Bonchev–Trinajstić information content (AvgIpc) is 3.74. The number of alkyl halides is 1. The highest BCUT2D eigenvalue weighted by Crippen LogP contribution is 2.46. The summed E-state index contributed by atoms with van der Waals surface area (Å²) in [5.41, 5.74) is 3.29. The zero-order valence-corrected chi connectivity index (χ0v) is 26.6. The van der Waals surface area contributed by atoms with Crippen molar-refractivity contribution in [3.63, 3.8) is 0 Å². The summed E-state index contributed by atoms with van der Waals surface area (Å²) in [7, 11) is 1.90. The number of hydrogen-bond donors (Lipinski definition) is 0. The second kappa shape index (κ2) is 12.1. The van der Waals surface area contributed by atoms with Crippen LogP contribution in [-0.4, -0.2) is 68.9 Å². The molecule has 3 aromatic rings. The number of nitrogens with zero attached hydrogens (tertiary/aromatic N) is 5. The lowest BCUT2D eigenvalue weighted by atomic mass is 9.75. The molecule has 4 atom stereocenters. The number of benzene rings is 2. The molecule has 0 bridgehead atoms. The van der Waals surface area contributed by atoms with Crippen molar-refractivity contribution in [3.8, 4) is 0 Å². The fourth-order valence-electron chi connectivity index (χ4n) is 8.01. The van der Waals surface area contributed by atoms with E-state index >= 15 is 4.39 Å². The topological polar surface area (TPSA) is 54.3 Å². The van der Waals surface area contributed by atoms with Gasteiger partial charge in [-0.25, -0.2) is 18.2 Å². The van der Waals surface area contributed by atoms with Gasteiger partial charge in [0.15, 0.2) is 0 Å². The molecule has 3 heterocycles. The molecule has 44 heavy (non-hydrogen) atoms. The van der Waals surface area contributed by atoms with Gasteiger partial charge in [0.1, 0.15) is 30.0 Å². The van der Waals surface area contributed by atoms with E-state index in [-0.39, 0.29) is 23.8 Å². The summed E-state index contributed by atoms with van der Waals surface area (Å²) in [4.78, 5) is 22.7. The Hall–Kier alpha value is -2.91. The van der Waals surface area contributed by atoms with Crippen molar-refractivity contribution in [2.75, 3.05) is 26.2 Å². The summed E-state index contributed by atoms with van der Waals surface area (Å²) in [6, 6.07) is 7.87. The van der Waals surface area contributed by atoms with Gasteiger partial charge in [-0.1, -0.05) is 23.7 Å². The van der Waals surface area contributed by atoms with Crippen LogP contribution >= 0.6 is 11.6 Å². The Morgan fingerprint density at radius 2 is 1.77 bits per heavy atom. The third kappa shape index (κ3) is 5.78. The summed E-state index contributed by atoms with van der Waals surface area (Å²) in [5, 5.41) is 5.02. The second-order valence-electron chi connectivity index (χ2n) is 13.5. The van der Waals surface area contributed by atoms with Gasteiger partial charge in [0, 0.05) is 61.7 Å². The third-order valence-corrected chi connectivity index (χ3v) is 10.8. The maximum absolute atomic E-state index is 15.0. The van der Waals surface area contributed by atoms with Crippen LogP contribution in [0, 0.1) is 24.5 Å². The van der Waals surface area contributed by atoms with E-state index in [0.717, 1.165) is 40.9 Å². The van der Waals surface area contributed by atoms with E-state index < -0.39 is 29.1 Å². The van der Waals surface area contributed by atoms with Crippen LogP contribution in [0.15, 0.2) is 36.7 Å². The van der Waals surface area contributed by atoms with E-state index in [2.05, 4.69) is 41.0 Å². The number of amides is 1. The molecular formula is C34H41ClF3N5O. The van der Waals surface area contributed by atoms with Crippen LogP contribution in [0.25, 0.3) is 0 Å². The highest BCUT2D eigenvalue weighted by atomic mass is 35.5. The molecule has 1 saturated carbocycles. The fraction of sp³-hybridized carbons (Fsp3) is 0.559. The first kappa shape index (κ1) is 31.1. The van der Waals surface area contributed by atoms with E-state index in [1.165, 1.54) is 17.7 Å². The van der Waals surface area contributed by atoms with Crippen LogP contribution in [0.2, 0.25) is 5.02 Å². The minimum atomic E-state index is -0.872. The maximum Gasteiger partial charge on any atom is 0.226 e. The summed E-state index contributed by atoms with van der Waals surface area (Å²) in [6.07, 6.45) is 3.84. The molecule has 3 aliphatic rings. The van der Waals surface area contributed by atoms with E-state index in [1.54, 1.807) is 11.0 Å². The number of aryl methyl sites for hydroxylation is 2. The fourth-order valence-corrected chi connectivity index (χ4v) is 8.18. The lowest BCUT2D eigenvalue weighted by Gasteiger charge is -2.37. The van der Waals surface area contributed by atoms with Gasteiger partial charge in [-0.05, 0) is 99.1 Å². The average molecular weight is 628 g/mol. The van der Waals surface area contributed by atoms with Crippen molar-refractivity contribution in [2.45, 2.75) is 82.3 Å². The summed E-state index contributed by atoms with van der Waals surface area (Å²) < 4.78 is 44.7. The van der Waals surface area contributed by atoms with Gasteiger partial charge in [0.2, 0.25) is 5.91 Å². The smallest absolute Gasteiger partial charge is 0.226 e. The van der Waals surface area contributed by atoms with Crippen LogP contribution in [0.3, 0.4) is 0 Å². The highest BCUT2D eigenvalue weighted by Gasteiger charge is 2.46. The first-order valence-corrected chi connectivity index (χ1v) is 16.1. The summed E-state index contributed by atoms with van der Waals surface area (Å²) in [6.45, 7) is 8.46. The quantitative estimate of drug-likeness (QED) is 0.306. The van der Waals surface area contributed by atoms with Crippen LogP contribution in [0.4, 0.5) is 13.2 Å². The Bertz CT molecular complexity index is 1540. The maximum atomic E-state index is 15.0. The molecule has 1 aromatic heterocycles. The SMILES string of the molecule is Cc1cc(C(C)(C)c2ncnn2C)c(C2CCN(C(=O)C3CC(N4CC[C@H](F)C4)C[C@H]3c3ccc(F)cc3F)CC2)cc1Cl. The van der Waals surface area contributed by atoms with E-state index in [1.807, 2.05) is 18.9 Å². The van der Waals surface area contributed by atoms with Crippen molar-refractivity contribution in [1.82, 2.24) is 24.6 Å². The predicted molar refractivity (Wildman–Crippen MR) is 165 cm³/mol. The molecule has 0 radical (unpaired) electrons. The van der Waals surface area contributed by atoms with Crippen molar-refractivity contribution in [1.29, 1.82) is 0 Å². The lowest BCUT2D eigenvalue weighted by molar-refractivity contribution is -0.137. The number of carbonyl (C=O) groups is 1. The zero-order valence-electron chi connectivity index (χ0n) is 25.9. The van der Waals surface area contributed by atoms with Crippen molar-refractivity contribution >= 4 is 17.5 Å². The minimum absolute atomic E-state index is 0.00297. The van der Waals surface area contributed by atoms with Crippen LogP contribution in [0.5, 0.6) is 0 Å². The number of hydrogen-bond acceptors (Lipinski definition) is 4. The van der Waals surface area contributed by atoms with Crippen molar-refractivity contribution in [2.24, 2.45) is 13.0 Å². The molecule has 2 unspecified atom stereocenters. The third-order valence-electron chi connectivity index (χ3n) is 10.4. The molecule has 2 aliphatic heterocycles. The first-order valence-electron chi connectivity index (χ1n) is 15.7. The first-order chi connectivity index (χ1) is 20.9.